The van der Waals surface area contributed by atoms with E-state index in [1.54, 1.807) is 29.8 Å². The van der Waals surface area contributed by atoms with Crippen LogP contribution in [-0.4, -0.2) is 38.2 Å². The number of aromatic nitrogens is 2. The van der Waals surface area contributed by atoms with Crippen LogP contribution in [0.25, 0.3) is 5.69 Å². The van der Waals surface area contributed by atoms with Crippen LogP contribution < -0.4 is 15.9 Å². The van der Waals surface area contributed by atoms with Gasteiger partial charge >= 0.3 is 5.97 Å². The monoisotopic (exact) mass is 475 g/mol. The van der Waals surface area contributed by atoms with Crippen LogP contribution in [0.3, 0.4) is 0 Å². The van der Waals surface area contributed by atoms with E-state index in [2.05, 4.69) is 27.8 Å². The molecule has 0 saturated carbocycles. The van der Waals surface area contributed by atoms with Crippen molar-refractivity contribution in [3.05, 3.63) is 80.3 Å². The summed E-state index contributed by atoms with van der Waals surface area (Å²) in [5, 5.41) is 17.2. The maximum absolute atomic E-state index is 13.2. The SMILES string of the molecule is CC(=NNC(=S)N1CCc2cc(C(=O)O)ccc21)c1c(C)[nH]n(-c2ccc3c(c2)CCC3)c1=O. The Morgan fingerprint density at radius 3 is 2.71 bits per heavy atom. The quantitative estimate of drug-likeness (QED) is 0.304. The average Bonchev–Trinajstić information content (AvgIpc) is 3.53. The Morgan fingerprint density at radius 2 is 1.91 bits per heavy atom. The number of hydrogen-bond donors (Lipinski definition) is 3. The molecule has 0 atom stereocenters. The van der Waals surface area contributed by atoms with Crippen LogP contribution in [0.15, 0.2) is 46.3 Å². The largest absolute Gasteiger partial charge is 0.478 e. The minimum atomic E-state index is -0.949. The molecule has 2 aromatic carbocycles. The molecule has 1 aliphatic carbocycles. The molecule has 3 N–H and O–H groups in total. The lowest BCUT2D eigenvalue weighted by molar-refractivity contribution is 0.0697. The van der Waals surface area contributed by atoms with Gasteiger partial charge in [-0.15, -0.1) is 0 Å². The highest BCUT2D eigenvalue weighted by Crippen LogP contribution is 2.29. The molecule has 2 aliphatic rings. The van der Waals surface area contributed by atoms with Gasteiger partial charge in [0.05, 0.1) is 22.5 Å². The lowest BCUT2D eigenvalue weighted by Crippen LogP contribution is -2.36. The second kappa shape index (κ2) is 8.57. The molecule has 0 bridgehead atoms. The number of H-pyrrole nitrogens is 1. The topological polar surface area (TPSA) is 103 Å². The fourth-order valence-electron chi connectivity index (χ4n) is 4.85. The first kappa shape index (κ1) is 22.1. The van der Waals surface area contributed by atoms with Gasteiger partial charge in [0, 0.05) is 17.9 Å². The van der Waals surface area contributed by atoms with Crippen molar-refractivity contribution < 1.29 is 9.90 Å². The summed E-state index contributed by atoms with van der Waals surface area (Å²) in [7, 11) is 0. The third-order valence-electron chi connectivity index (χ3n) is 6.56. The Hall–Kier alpha value is -3.72. The van der Waals surface area contributed by atoms with Gasteiger partial charge in [0.15, 0.2) is 5.11 Å². The Kier molecular flexibility index (Phi) is 5.57. The van der Waals surface area contributed by atoms with Gasteiger partial charge < -0.3 is 10.0 Å². The van der Waals surface area contributed by atoms with E-state index in [1.165, 1.54) is 11.1 Å². The van der Waals surface area contributed by atoms with E-state index in [0.29, 0.717) is 29.4 Å². The summed E-state index contributed by atoms with van der Waals surface area (Å²) in [6.07, 6.45) is 3.99. The van der Waals surface area contributed by atoms with Gasteiger partial charge in [0.1, 0.15) is 0 Å². The number of fused-ring (bicyclic) bond motifs is 2. The lowest BCUT2D eigenvalue weighted by atomic mass is 10.1. The molecule has 5 rings (SSSR count). The van der Waals surface area contributed by atoms with Crippen molar-refractivity contribution in [3.8, 4) is 5.69 Å². The smallest absolute Gasteiger partial charge is 0.335 e. The van der Waals surface area contributed by atoms with Crippen molar-refractivity contribution in [1.82, 2.24) is 15.2 Å². The normalized spacial score (nSPS) is 14.8. The number of nitrogens with one attached hydrogen (secondary N) is 2. The summed E-state index contributed by atoms with van der Waals surface area (Å²) in [4.78, 5) is 26.3. The molecule has 0 spiro atoms. The van der Waals surface area contributed by atoms with E-state index in [1.807, 2.05) is 17.9 Å². The number of benzene rings is 2. The molecular weight excluding hydrogens is 450 g/mol. The van der Waals surface area contributed by atoms with Gasteiger partial charge in [-0.05, 0) is 98.8 Å². The summed E-state index contributed by atoms with van der Waals surface area (Å²) in [5.74, 6) is -0.949. The number of carboxylic acids is 1. The highest BCUT2D eigenvalue weighted by atomic mass is 32.1. The zero-order chi connectivity index (χ0) is 24.0. The fraction of sp³-hybridized carbons (Fsp3) is 0.280. The molecule has 0 amide bonds. The number of nitrogens with zero attached hydrogens (tertiary/aromatic N) is 3. The molecule has 1 aliphatic heterocycles. The zero-order valence-electron chi connectivity index (χ0n) is 19.0. The van der Waals surface area contributed by atoms with Crippen molar-refractivity contribution in [2.45, 2.75) is 39.5 Å². The third-order valence-corrected chi connectivity index (χ3v) is 6.87. The molecule has 0 radical (unpaired) electrons. The average molecular weight is 476 g/mol. The van der Waals surface area contributed by atoms with Crippen LogP contribution in [-0.2, 0) is 19.3 Å². The summed E-state index contributed by atoms with van der Waals surface area (Å²) < 4.78 is 1.57. The Labute approximate surface area is 201 Å². The highest BCUT2D eigenvalue weighted by molar-refractivity contribution is 7.80. The molecule has 3 aromatic rings. The molecule has 0 fully saturated rings. The van der Waals surface area contributed by atoms with Crippen LogP contribution in [0.1, 0.15) is 51.7 Å². The Morgan fingerprint density at radius 1 is 1.12 bits per heavy atom. The molecule has 8 nitrogen and oxygen atoms in total. The minimum Gasteiger partial charge on any atom is -0.478 e. The third kappa shape index (κ3) is 3.81. The van der Waals surface area contributed by atoms with E-state index < -0.39 is 5.97 Å². The molecule has 174 valence electrons. The molecule has 9 heteroatoms. The maximum atomic E-state index is 13.2. The predicted molar refractivity (Wildman–Crippen MR) is 136 cm³/mol. The van der Waals surface area contributed by atoms with Crippen LogP contribution in [0.4, 0.5) is 5.69 Å². The van der Waals surface area contributed by atoms with Gasteiger partial charge in [-0.3, -0.25) is 15.3 Å². The Balaban J connectivity index is 1.36. The fourth-order valence-corrected chi connectivity index (χ4v) is 5.08. The number of carbonyl (C=O) groups is 1. The number of thiocarbonyl (C=S) groups is 1. The zero-order valence-corrected chi connectivity index (χ0v) is 19.8. The molecule has 34 heavy (non-hydrogen) atoms. The van der Waals surface area contributed by atoms with Crippen molar-refractivity contribution in [2.75, 3.05) is 11.4 Å². The standard InChI is InChI=1S/C25H25N5O3S/c1-14(26-27-25(34)29-11-10-18-12-19(24(32)33)7-9-21(18)29)22-15(2)28-30(23(22)31)20-8-6-16-4-3-5-17(16)13-20/h6-9,12-13,28H,3-5,10-11H2,1-2H3,(H,27,34)(H,32,33). The summed E-state index contributed by atoms with van der Waals surface area (Å²) >= 11 is 5.54. The van der Waals surface area contributed by atoms with Crippen LogP contribution in [0.2, 0.25) is 0 Å². The van der Waals surface area contributed by atoms with Gasteiger partial charge in [-0.2, -0.15) is 5.10 Å². The molecule has 0 unspecified atom stereocenters. The van der Waals surface area contributed by atoms with E-state index in [4.69, 9.17) is 12.2 Å². The maximum Gasteiger partial charge on any atom is 0.335 e. The summed E-state index contributed by atoms with van der Waals surface area (Å²) in [6.45, 7) is 4.26. The lowest BCUT2D eigenvalue weighted by Gasteiger charge is -2.19. The first-order chi connectivity index (χ1) is 16.3. The molecular formula is C25H25N5O3S. The van der Waals surface area contributed by atoms with Crippen LogP contribution in [0.5, 0.6) is 0 Å². The Bertz CT molecular complexity index is 1420. The number of aromatic amines is 1. The van der Waals surface area contributed by atoms with Crippen molar-refractivity contribution >= 4 is 34.7 Å². The number of hydrogen-bond acceptors (Lipinski definition) is 4. The van der Waals surface area contributed by atoms with Crippen molar-refractivity contribution in [2.24, 2.45) is 5.10 Å². The minimum absolute atomic E-state index is 0.155. The van der Waals surface area contributed by atoms with Gasteiger partial charge in [-0.25, -0.2) is 9.48 Å². The van der Waals surface area contributed by atoms with Crippen molar-refractivity contribution in [1.29, 1.82) is 0 Å². The van der Waals surface area contributed by atoms with E-state index in [-0.39, 0.29) is 11.1 Å². The number of aryl methyl sites for hydroxylation is 3. The second-order valence-corrected chi connectivity index (χ2v) is 9.11. The van der Waals surface area contributed by atoms with Gasteiger partial charge in [-0.1, -0.05) is 6.07 Å². The molecule has 2 heterocycles. The number of hydrazone groups is 1. The first-order valence-corrected chi connectivity index (χ1v) is 11.7. The first-order valence-electron chi connectivity index (χ1n) is 11.3. The van der Waals surface area contributed by atoms with Gasteiger partial charge in [0.2, 0.25) is 0 Å². The molecule has 0 saturated heterocycles. The van der Waals surface area contributed by atoms with Gasteiger partial charge in [0.25, 0.3) is 5.56 Å². The highest BCUT2D eigenvalue weighted by Gasteiger charge is 2.24. The van der Waals surface area contributed by atoms with E-state index in [0.717, 1.165) is 41.9 Å². The second-order valence-electron chi connectivity index (χ2n) is 8.72. The van der Waals surface area contributed by atoms with Crippen molar-refractivity contribution in [3.63, 3.8) is 0 Å². The number of carboxylic acid groups (broad SMARTS) is 1. The molecule has 1 aromatic heterocycles. The number of anilines is 1. The van der Waals surface area contributed by atoms with Crippen LogP contribution in [0, 0.1) is 6.92 Å². The van der Waals surface area contributed by atoms with E-state index >= 15 is 0 Å². The number of aromatic carboxylic acids is 1. The van der Waals surface area contributed by atoms with Crippen LogP contribution >= 0.6 is 12.2 Å². The summed E-state index contributed by atoms with van der Waals surface area (Å²) in [5.41, 5.74) is 10.1. The number of rotatable bonds is 4. The van der Waals surface area contributed by atoms with E-state index in [9.17, 15) is 14.7 Å². The summed E-state index contributed by atoms with van der Waals surface area (Å²) in [6, 6.07) is 11.2. The predicted octanol–water partition coefficient (Wildman–Crippen LogP) is 3.32.